The van der Waals surface area contributed by atoms with E-state index < -0.39 is 0 Å². The molecule has 1 saturated heterocycles. The lowest BCUT2D eigenvalue weighted by atomic mass is 9.69. The van der Waals surface area contributed by atoms with Crippen molar-refractivity contribution in [2.24, 2.45) is 5.41 Å². The van der Waals surface area contributed by atoms with Gasteiger partial charge >= 0.3 is 0 Å². The van der Waals surface area contributed by atoms with Crippen LogP contribution in [-0.4, -0.2) is 22.9 Å². The molecular weight excluding hydrogens is 512 g/mol. The number of rotatable bonds is 16. The van der Waals surface area contributed by atoms with E-state index in [0.717, 1.165) is 64.2 Å². The Morgan fingerprint density at radius 3 is 1.93 bits per heavy atom. The van der Waals surface area contributed by atoms with Gasteiger partial charge in [-0.25, -0.2) is 0 Å². The van der Waals surface area contributed by atoms with Gasteiger partial charge in [0, 0.05) is 5.41 Å². The Hall–Kier alpha value is -2.16. The van der Waals surface area contributed by atoms with E-state index in [4.69, 9.17) is 4.74 Å². The molecule has 2 nitrogen and oxygen atoms in total. The molecule has 0 aromatic heterocycles. The van der Waals surface area contributed by atoms with E-state index in [1.54, 1.807) is 0 Å². The predicted octanol–water partition coefficient (Wildman–Crippen LogP) is 11.6. The van der Waals surface area contributed by atoms with Crippen molar-refractivity contribution in [3.8, 4) is 0 Å². The molecule has 0 radical (unpaired) electrons. The molecule has 0 aromatic carbocycles. The van der Waals surface area contributed by atoms with Crippen molar-refractivity contribution in [3.05, 3.63) is 93.7 Å². The summed E-state index contributed by atoms with van der Waals surface area (Å²) in [5, 5.41) is 10.5. The van der Waals surface area contributed by atoms with E-state index in [9.17, 15) is 5.11 Å². The Labute approximate surface area is 259 Å². The van der Waals surface area contributed by atoms with Gasteiger partial charge in [0.15, 0.2) is 0 Å². The zero-order valence-corrected chi connectivity index (χ0v) is 28.8. The number of aliphatic hydroxyl groups excluding tert-OH is 1. The van der Waals surface area contributed by atoms with Crippen LogP contribution in [0.3, 0.4) is 0 Å². The van der Waals surface area contributed by atoms with Crippen molar-refractivity contribution < 1.29 is 9.84 Å². The van der Waals surface area contributed by atoms with Crippen LogP contribution in [0.1, 0.15) is 133 Å². The quantitative estimate of drug-likeness (QED) is 0.113. The van der Waals surface area contributed by atoms with Gasteiger partial charge in [0.1, 0.15) is 0 Å². The molecule has 0 amide bonds. The fourth-order valence-corrected chi connectivity index (χ4v) is 5.88. The van der Waals surface area contributed by atoms with Crippen LogP contribution in [0.15, 0.2) is 93.7 Å². The molecule has 2 heteroatoms. The average Bonchev–Trinajstić information content (AvgIpc) is 3.53. The number of allylic oxidation sites excluding steroid dienone is 15. The summed E-state index contributed by atoms with van der Waals surface area (Å²) in [6.07, 6.45) is 31.1. The molecule has 1 aliphatic carbocycles. The molecule has 1 heterocycles. The van der Waals surface area contributed by atoms with Crippen LogP contribution in [0.4, 0.5) is 0 Å². The van der Waals surface area contributed by atoms with Crippen molar-refractivity contribution in [1.29, 1.82) is 0 Å². The molecule has 0 spiro atoms. The molecule has 1 fully saturated rings. The maximum Gasteiger partial charge on any atom is 0.0892 e. The van der Waals surface area contributed by atoms with Crippen molar-refractivity contribution in [2.45, 2.75) is 151 Å². The number of hydrogen-bond donors (Lipinski definition) is 1. The maximum absolute atomic E-state index is 10.5. The highest BCUT2D eigenvalue weighted by Gasteiger charge is 2.46. The highest BCUT2D eigenvalue weighted by atomic mass is 16.6. The van der Waals surface area contributed by atoms with E-state index in [0.29, 0.717) is 6.10 Å². The van der Waals surface area contributed by atoms with Crippen LogP contribution in [-0.2, 0) is 4.74 Å². The number of epoxide rings is 1. The molecular formula is C40H62O2. The summed E-state index contributed by atoms with van der Waals surface area (Å²) >= 11 is 0. The summed E-state index contributed by atoms with van der Waals surface area (Å²) < 4.78 is 5.69. The van der Waals surface area contributed by atoms with Gasteiger partial charge in [0.2, 0.25) is 0 Å². The molecule has 1 aliphatic heterocycles. The van der Waals surface area contributed by atoms with Crippen LogP contribution in [0.5, 0.6) is 0 Å². The summed E-state index contributed by atoms with van der Waals surface area (Å²) in [5.41, 5.74) is 9.98. The van der Waals surface area contributed by atoms with E-state index in [1.807, 2.05) is 0 Å². The molecule has 234 valence electrons. The van der Waals surface area contributed by atoms with Gasteiger partial charge in [-0.2, -0.15) is 0 Å². The van der Waals surface area contributed by atoms with Crippen LogP contribution < -0.4 is 0 Å². The Balaban J connectivity index is 1.68. The topological polar surface area (TPSA) is 32.8 Å². The zero-order valence-electron chi connectivity index (χ0n) is 28.8. The fraction of sp³-hybridized carbons (Fsp3) is 0.600. The number of ether oxygens (including phenoxy) is 1. The second-order valence-electron chi connectivity index (χ2n) is 14.1. The summed E-state index contributed by atoms with van der Waals surface area (Å²) in [4.78, 5) is 0. The van der Waals surface area contributed by atoms with Crippen LogP contribution in [0, 0.1) is 5.41 Å². The largest absolute Gasteiger partial charge is 0.392 e. The van der Waals surface area contributed by atoms with Crippen molar-refractivity contribution >= 4 is 0 Å². The second-order valence-corrected chi connectivity index (χ2v) is 14.1. The smallest absolute Gasteiger partial charge is 0.0892 e. The summed E-state index contributed by atoms with van der Waals surface area (Å²) in [5.74, 6) is 0. The first-order chi connectivity index (χ1) is 19.7. The minimum atomic E-state index is -0.213. The first-order valence-corrected chi connectivity index (χ1v) is 16.4. The van der Waals surface area contributed by atoms with Gasteiger partial charge in [-0.3, -0.25) is 0 Å². The Bertz CT molecular complexity index is 1130. The minimum absolute atomic E-state index is 0.0905. The predicted molar refractivity (Wildman–Crippen MR) is 185 cm³/mol. The lowest BCUT2D eigenvalue weighted by Gasteiger charge is -2.39. The maximum atomic E-state index is 10.5. The van der Waals surface area contributed by atoms with Gasteiger partial charge in [-0.15, -0.1) is 0 Å². The normalized spacial score (nSPS) is 23.9. The molecule has 1 N–H and O–H groups in total. The van der Waals surface area contributed by atoms with E-state index in [-0.39, 0.29) is 17.1 Å². The minimum Gasteiger partial charge on any atom is -0.392 e. The number of aliphatic hydroxyl groups is 1. The number of hydrogen-bond acceptors (Lipinski definition) is 2. The monoisotopic (exact) mass is 574 g/mol. The first-order valence-electron chi connectivity index (χ1n) is 16.4. The average molecular weight is 575 g/mol. The molecule has 2 aliphatic rings. The molecule has 2 atom stereocenters. The summed E-state index contributed by atoms with van der Waals surface area (Å²) in [6, 6.07) is 0. The van der Waals surface area contributed by atoms with E-state index in [2.05, 4.69) is 124 Å². The molecule has 2 unspecified atom stereocenters. The van der Waals surface area contributed by atoms with Gasteiger partial charge in [-0.05, 0) is 120 Å². The van der Waals surface area contributed by atoms with Gasteiger partial charge in [-0.1, -0.05) is 108 Å². The van der Waals surface area contributed by atoms with Crippen molar-refractivity contribution in [2.75, 3.05) is 0 Å². The first kappa shape index (κ1) is 36.0. The third-order valence-electron chi connectivity index (χ3n) is 9.31. The lowest BCUT2D eigenvalue weighted by molar-refractivity contribution is 0.0558. The van der Waals surface area contributed by atoms with Gasteiger partial charge in [0.25, 0.3) is 0 Å². The Morgan fingerprint density at radius 1 is 0.786 bits per heavy atom. The van der Waals surface area contributed by atoms with Crippen LogP contribution in [0.2, 0.25) is 0 Å². The van der Waals surface area contributed by atoms with Gasteiger partial charge in [0.05, 0.1) is 17.8 Å². The molecule has 0 aromatic rings. The fourth-order valence-electron chi connectivity index (χ4n) is 5.88. The van der Waals surface area contributed by atoms with Crippen LogP contribution >= 0.6 is 0 Å². The third-order valence-corrected chi connectivity index (χ3v) is 9.31. The molecule has 0 bridgehead atoms. The molecule has 2 rings (SSSR count). The standard InChI is InChI=1S/C40H62O2/c1-30(18-13-20-32(3)21-15-23-34(5)25-29-38-40(9,10)42-38)16-11-12-17-31(2)19-14-22-33(4)24-27-36-35(6)26-28-37(41)39(36,7)8/h11-13,16-18,20,22-23,37-38,41H,14-15,19,21,24-29H2,1-10H3/b12-11+,18-13+,30-16+,31-17+,32-20+,33-22+,34-23+. The van der Waals surface area contributed by atoms with Gasteiger partial charge < -0.3 is 9.84 Å². The van der Waals surface area contributed by atoms with Crippen LogP contribution in [0.25, 0.3) is 0 Å². The molecule has 0 saturated carbocycles. The summed E-state index contributed by atoms with van der Waals surface area (Å²) in [7, 11) is 0. The summed E-state index contributed by atoms with van der Waals surface area (Å²) in [6.45, 7) is 22.1. The Kier molecular flexibility index (Phi) is 14.8. The highest BCUT2D eigenvalue weighted by molar-refractivity contribution is 5.28. The lowest BCUT2D eigenvalue weighted by Crippen LogP contribution is -2.35. The third kappa shape index (κ3) is 13.0. The SMILES string of the molecule is CC1=C(CC/C(C)=C/CC/C(C)=C/C=C/C=C(C)/C=C/C=C(\C)CC/C=C(\C)CCC2OC2(C)C)C(C)(C)C(O)CC1. The highest BCUT2D eigenvalue weighted by Crippen LogP contribution is 2.43. The van der Waals surface area contributed by atoms with Crippen molar-refractivity contribution in [1.82, 2.24) is 0 Å². The van der Waals surface area contributed by atoms with E-state index >= 15 is 0 Å². The zero-order chi connectivity index (χ0) is 31.3. The Morgan fingerprint density at radius 2 is 1.33 bits per heavy atom. The molecule has 42 heavy (non-hydrogen) atoms. The van der Waals surface area contributed by atoms with E-state index in [1.165, 1.54) is 39.0 Å². The van der Waals surface area contributed by atoms with Crippen molar-refractivity contribution in [3.63, 3.8) is 0 Å². The second kappa shape index (κ2) is 17.2.